The van der Waals surface area contributed by atoms with E-state index < -0.39 is 27.8 Å². The molecule has 1 N–H and O–H groups in total. The molecule has 0 bridgehead atoms. The van der Waals surface area contributed by atoms with Gasteiger partial charge < -0.3 is 5.11 Å². The number of hydrogen-bond acceptors (Lipinski definition) is 3. The van der Waals surface area contributed by atoms with Crippen LogP contribution in [-0.4, -0.2) is 31.3 Å². The number of carboxylic acids is 1. The van der Waals surface area contributed by atoms with E-state index in [1.54, 1.807) is 6.20 Å². The van der Waals surface area contributed by atoms with Gasteiger partial charge in [-0.15, -0.1) is 0 Å². The first-order valence-electron chi connectivity index (χ1n) is 7.43. The van der Waals surface area contributed by atoms with E-state index in [-0.39, 0.29) is 0 Å². The van der Waals surface area contributed by atoms with Crippen molar-refractivity contribution < 1.29 is 18.5 Å². The van der Waals surface area contributed by atoms with E-state index in [0.717, 1.165) is 5.69 Å². The molecule has 2 unspecified atom stereocenters. The standard InChI is InChI=1S/C18H15FN2O3S/c1-25(24)17(18(22)23)15-11-21(14-5-3-2-4-6-14)20-16(15)12-7-9-13(19)10-8-12/h2-11,17H,1H3,(H,22,23). The van der Waals surface area contributed by atoms with Crippen molar-refractivity contribution in [2.75, 3.05) is 6.26 Å². The smallest absolute Gasteiger partial charge is 0.323 e. The minimum absolute atomic E-state index is 0.323. The molecule has 0 aliphatic carbocycles. The van der Waals surface area contributed by atoms with E-state index in [1.807, 2.05) is 30.3 Å². The predicted octanol–water partition coefficient (Wildman–Crippen LogP) is 3.18. The highest BCUT2D eigenvalue weighted by atomic mass is 32.2. The minimum atomic E-state index is -1.64. The summed E-state index contributed by atoms with van der Waals surface area (Å²) in [7, 11) is -1.64. The molecule has 25 heavy (non-hydrogen) atoms. The van der Waals surface area contributed by atoms with Gasteiger partial charge in [-0.25, -0.2) is 9.07 Å². The van der Waals surface area contributed by atoms with Gasteiger partial charge in [0.05, 0.1) is 11.4 Å². The van der Waals surface area contributed by atoms with Crippen molar-refractivity contribution in [3.8, 4) is 16.9 Å². The van der Waals surface area contributed by atoms with Crippen molar-refractivity contribution in [1.82, 2.24) is 9.78 Å². The number of aromatic nitrogens is 2. The lowest BCUT2D eigenvalue weighted by Gasteiger charge is -2.09. The molecule has 2 aromatic carbocycles. The Hall–Kier alpha value is -2.80. The molecule has 3 aromatic rings. The number of benzene rings is 2. The molecule has 2 atom stereocenters. The maximum Gasteiger partial charge on any atom is 0.323 e. The summed E-state index contributed by atoms with van der Waals surface area (Å²) in [6, 6.07) is 14.8. The summed E-state index contributed by atoms with van der Waals surface area (Å²) >= 11 is 0. The molecule has 0 fully saturated rings. The number of para-hydroxylation sites is 1. The maximum absolute atomic E-state index is 13.2. The Morgan fingerprint density at radius 1 is 1.16 bits per heavy atom. The highest BCUT2D eigenvalue weighted by Gasteiger charge is 2.29. The summed E-state index contributed by atoms with van der Waals surface area (Å²) in [6.07, 6.45) is 2.90. The van der Waals surface area contributed by atoms with Crippen molar-refractivity contribution in [1.29, 1.82) is 0 Å². The summed E-state index contributed by atoms with van der Waals surface area (Å²) in [5.74, 6) is -1.60. The molecule has 0 aliphatic rings. The third-order valence-electron chi connectivity index (χ3n) is 3.72. The summed E-state index contributed by atoms with van der Waals surface area (Å²) in [6.45, 7) is 0. The Labute approximate surface area is 146 Å². The lowest BCUT2D eigenvalue weighted by Crippen LogP contribution is -2.16. The maximum atomic E-state index is 13.2. The molecule has 5 nitrogen and oxygen atoms in total. The molecule has 0 aliphatic heterocycles. The number of carbonyl (C=O) groups is 1. The summed E-state index contributed by atoms with van der Waals surface area (Å²) in [4.78, 5) is 11.6. The van der Waals surface area contributed by atoms with Gasteiger partial charge in [-0.1, -0.05) is 18.2 Å². The van der Waals surface area contributed by atoms with Crippen LogP contribution in [0, 0.1) is 5.82 Å². The molecule has 128 valence electrons. The van der Waals surface area contributed by atoms with Crippen LogP contribution in [0.1, 0.15) is 10.8 Å². The number of rotatable bonds is 5. The summed E-state index contributed by atoms with van der Waals surface area (Å²) in [5, 5.41) is 12.7. The van der Waals surface area contributed by atoms with Crippen molar-refractivity contribution >= 4 is 16.8 Å². The van der Waals surface area contributed by atoms with Crippen LogP contribution in [0.5, 0.6) is 0 Å². The Bertz CT molecular complexity index is 909. The monoisotopic (exact) mass is 358 g/mol. The van der Waals surface area contributed by atoms with Gasteiger partial charge in [0.25, 0.3) is 0 Å². The van der Waals surface area contributed by atoms with Crippen LogP contribution in [0.3, 0.4) is 0 Å². The van der Waals surface area contributed by atoms with Gasteiger partial charge in [-0.2, -0.15) is 5.10 Å². The fourth-order valence-electron chi connectivity index (χ4n) is 2.58. The summed E-state index contributed by atoms with van der Waals surface area (Å²) < 4.78 is 26.8. The zero-order chi connectivity index (χ0) is 18.0. The number of carboxylic acid groups (broad SMARTS) is 1. The van der Waals surface area contributed by atoms with E-state index in [9.17, 15) is 18.5 Å². The first kappa shape index (κ1) is 17.0. The Morgan fingerprint density at radius 3 is 2.36 bits per heavy atom. The molecule has 1 aromatic heterocycles. The van der Waals surface area contributed by atoms with Crippen LogP contribution in [0.15, 0.2) is 60.8 Å². The van der Waals surface area contributed by atoms with Gasteiger partial charge in [-0.3, -0.25) is 9.00 Å². The number of halogens is 1. The number of nitrogens with zero attached hydrogens (tertiary/aromatic N) is 2. The number of hydrogen-bond donors (Lipinski definition) is 1. The van der Waals surface area contributed by atoms with Gasteiger partial charge in [-0.05, 0) is 36.4 Å². The lowest BCUT2D eigenvalue weighted by molar-refractivity contribution is -0.136. The normalized spacial score (nSPS) is 13.4. The minimum Gasteiger partial charge on any atom is -0.480 e. The third kappa shape index (κ3) is 3.51. The van der Waals surface area contributed by atoms with Gasteiger partial charge in [0.2, 0.25) is 0 Å². The molecule has 0 saturated heterocycles. The van der Waals surface area contributed by atoms with E-state index in [0.29, 0.717) is 16.8 Å². The first-order valence-corrected chi connectivity index (χ1v) is 9.05. The van der Waals surface area contributed by atoms with Crippen molar-refractivity contribution in [2.45, 2.75) is 5.25 Å². The van der Waals surface area contributed by atoms with Gasteiger partial charge in [0.15, 0.2) is 5.25 Å². The predicted molar refractivity (Wildman–Crippen MR) is 93.4 cm³/mol. The highest BCUT2D eigenvalue weighted by Crippen LogP contribution is 2.31. The zero-order valence-electron chi connectivity index (χ0n) is 13.3. The molecule has 0 saturated carbocycles. The van der Waals surface area contributed by atoms with Crippen molar-refractivity contribution in [3.63, 3.8) is 0 Å². The van der Waals surface area contributed by atoms with Crippen LogP contribution >= 0.6 is 0 Å². The van der Waals surface area contributed by atoms with Crippen LogP contribution in [-0.2, 0) is 15.6 Å². The van der Waals surface area contributed by atoms with Crippen molar-refractivity contribution in [3.05, 3.63) is 72.2 Å². The molecule has 1 heterocycles. The molecule has 0 spiro atoms. The second kappa shape index (κ2) is 6.98. The largest absolute Gasteiger partial charge is 0.480 e. The third-order valence-corrected chi connectivity index (χ3v) is 4.84. The van der Waals surface area contributed by atoms with E-state index in [2.05, 4.69) is 5.10 Å². The second-order valence-electron chi connectivity index (χ2n) is 5.44. The number of aliphatic carboxylic acids is 1. The first-order chi connectivity index (χ1) is 12.0. The molecule has 7 heteroatoms. The molecular formula is C18H15FN2O3S. The average molecular weight is 358 g/mol. The van der Waals surface area contributed by atoms with Crippen LogP contribution in [0.2, 0.25) is 0 Å². The van der Waals surface area contributed by atoms with Crippen LogP contribution in [0.25, 0.3) is 16.9 Å². The highest BCUT2D eigenvalue weighted by molar-refractivity contribution is 7.85. The quantitative estimate of drug-likeness (QED) is 0.760. The fraction of sp³-hybridized carbons (Fsp3) is 0.111. The topological polar surface area (TPSA) is 72.2 Å². The van der Waals surface area contributed by atoms with E-state index in [1.165, 1.54) is 35.2 Å². The van der Waals surface area contributed by atoms with E-state index in [4.69, 9.17) is 0 Å². The fourth-order valence-corrected chi connectivity index (χ4v) is 3.39. The SMILES string of the molecule is CS(=O)C(C(=O)O)c1cn(-c2ccccc2)nc1-c1ccc(F)cc1. The van der Waals surface area contributed by atoms with Crippen molar-refractivity contribution in [2.24, 2.45) is 0 Å². The Morgan fingerprint density at radius 2 is 1.80 bits per heavy atom. The zero-order valence-corrected chi connectivity index (χ0v) is 14.1. The van der Waals surface area contributed by atoms with Gasteiger partial charge >= 0.3 is 5.97 Å². The van der Waals surface area contributed by atoms with Crippen LogP contribution < -0.4 is 0 Å². The van der Waals surface area contributed by atoms with E-state index >= 15 is 0 Å². The second-order valence-corrected chi connectivity index (χ2v) is 6.91. The van der Waals surface area contributed by atoms with Gasteiger partial charge in [0, 0.05) is 34.4 Å². The average Bonchev–Trinajstić information content (AvgIpc) is 3.00. The molecule has 0 radical (unpaired) electrons. The Kier molecular flexibility index (Phi) is 4.76. The lowest BCUT2D eigenvalue weighted by atomic mass is 10.1. The van der Waals surface area contributed by atoms with Crippen LogP contribution in [0.4, 0.5) is 4.39 Å². The summed E-state index contributed by atoms with van der Waals surface area (Å²) in [5.41, 5.74) is 1.99. The molecule has 0 amide bonds. The molecular weight excluding hydrogens is 343 g/mol. The Balaban J connectivity index is 2.20. The van der Waals surface area contributed by atoms with Gasteiger partial charge in [0.1, 0.15) is 5.82 Å². The molecule has 3 rings (SSSR count).